The average molecular weight is 883 g/mol. The van der Waals surface area contributed by atoms with Crippen LogP contribution >= 0.6 is 0 Å². The SMILES string of the molecule is CN(C)CCCN(CCCN(C)C)CCOCCOCCC1(CCOCCOCCN(CCCN(C)C)CCCN(C)C)c2cc(C(C)(C)C)cnc2-c2ncc(C(C)(C)C)cc21. The van der Waals surface area contributed by atoms with Gasteiger partial charge in [-0.2, -0.15) is 0 Å². The summed E-state index contributed by atoms with van der Waals surface area (Å²) in [7, 11) is 17.2. The van der Waals surface area contributed by atoms with Crippen LogP contribution in [0.4, 0.5) is 0 Å². The summed E-state index contributed by atoms with van der Waals surface area (Å²) >= 11 is 0. The number of pyridine rings is 2. The molecule has 0 unspecified atom stereocenters. The largest absolute Gasteiger partial charge is 0.379 e. The molecule has 0 N–H and O–H groups in total. The van der Waals surface area contributed by atoms with Crippen molar-refractivity contribution >= 4 is 0 Å². The van der Waals surface area contributed by atoms with Crippen LogP contribution in [0.25, 0.3) is 11.4 Å². The summed E-state index contributed by atoms with van der Waals surface area (Å²) in [5, 5.41) is 0. The van der Waals surface area contributed by atoms with Crippen LogP contribution in [0, 0.1) is 0 Å². The molecule has 0 fully saturated rings. The smallest absolute Gasteiger partial charge is 0.0930 e. The third-order valence-electron chi connectivity index (χ3n) is 12.3. The maximum Gasteiger partial charge on any atom is 0.0930 e. The van der Waals surface area contributed by atoms with E-state index in [-0.39, 0.29) is 16.2 Å². The van der Waals surface area contributed by atoms with Gasteiger partial charge in [-0.15, -0.1) is 0 Å². The van der Waals surface area contributed by atoms with E-state index in [9.17, 15) is 0 Å². The first-order valence-corrected chi connectivity index (χ1v) is 24.2. The molecule has 0 amide bonds. The number of hydrogen-bond acceptors (Lipinski definition) is 12. The van der Waals surface area contributed by atoms with Crippen molar-refractivity contribution in [1.29, 1.82) is 0 Å². The van der Waals surface area contributed by atoms with Gasteiger partial charge in [0, 0.05) is 44.1 Å². The van der Waals surface area contributed by atoms with Gasteiger partial charge in [0.15, 0.2) is 0 Å². The molecule has 1 aliphatic rings. The van der Waals surface area contributed by atoms with Crippen LogP contribution in [0.1, 0.15) is 102 Å². The Labute approximate surface area is 386 Å². The zero-order valence-electron chi connectivity index (χ0n) is 43.0. The molecule has 0 bridgehead atoms. The van der Waals surface area contributed by atoms with Crippen LogP contribution in [0.5, 0.6) is 0 Å². The summed E-state index contributed by atoms with van der Waals surface area (Å²) in [4.78, 5) is 24.5. The Bertz CT molecular complexity index is 1400. The van der Waals surface area contributed by atoms with E-state index in [1.165, 1.54) is 47.9 Å². The van der Waals surface area contributed by atoms with Crippen LogP contribution in [0.15, 0.2) is 24.5 Å². The summed E-state index contributed by atoms with van der Waals surface area (Å²) in [5.41, 5.74) is 6.49. The molecule has 0 radical (unpaired) electrons. The lowest BCUT2D eigenvalue weighted by Crippen LogP contribution is -2.33. The highest BCUT2D eigenvalue weighted by molar-refractivity contribution is 5.76. The molecular weight excluding hydrogens is 789 g/mol. The fourth-order valence-electron chi connectivity index (χ4n) is 8.30. The molecule has 2 heterocycles. The minimum Gasteiger partial charge on any atom is -0.379 e. The topological polar surface area (TPSA) is 82.1 Å². The number of nitrogens with zero attached hydrogens (tertiary/aromatic N) is 8. The maximum absolute atomic E-state index is 6.44. The second kappa shape index (κ2) is 28.2. The van der Waals surface area contributed by atoms with Gasteiger partial charge in [-0.3, -0.25) is 9.97 Å². The van der Waals surface area contributed by atoms with Crippen molar-refractivity contribution in [3.8, 4) is 11.4 Å². The Hall–Kier alpha value is -2.10. The number of ether oxygens (including phenoxy) is 4. The van der Waals surface area contributed by atoms with Crippen molar-refractivity contribution in [3.05, 3.63) is 46.8 Å². The van der Waals surface area contributed by atoms with Gasteiger partial charge in [0.05, 0.1) is 51.0 Å². The molecule has 12 nitrogen and oxygen atoms in total. The van der Waals surface area contributed by atoms with Crippen molar-refractivity contribution in [3.63, 3.8) is 0 Å². The van der Waals surface area contributed by atoms with Crippen molar-refractivity contribution in [2.45, 2.75) is 96.3 Å². The van der Waals surface area contributed by atoms with E-state index < -0.39 is 0 Å². The average Bonchev–Trinajstić information content (AvgIpc) is 3.46. The fraction of sp³-hybridized carbons (Fsp3) is 0.804. The van der Waals surface area contributed by atoms with Crippen LogP contribution in [0.3, 0.4) is 0 Å². The van der Waals surface area contributed by atoms with Gasteiger partial charge >= 0.3 is 0 Å². The molecule has 0 aromatic carbocycles. The van der Waals surface area contributed by atoms with Crippen LogP contribution in [0.2, 0.25) is 0 Å². The highest BCUT2D eigenvalue weighted by Crippen LogP contribution is 2.52. The lowest BCUT2D eigenvalue weighted by atomic mass is 9.71. The van der Waals surface area contributed by atoms with Gasteiger partial charge in [0.25, 0.3) is 0 Å². The van der Waals surface area contributed by atoms with Crippen LogP contribution in [-0.2, 0) is 35.2 Å². The molecule has 0 aliphatic heterocycles. The predicted octanol–water partition coefficient (Wildman–Crippen LogP) is 6.60. The molecule has 1 aliphatic carbocycles. The molecule has 2 aromatic rings. The standard InChI is InChI=1S/C51H94N8O4/c1-49(2,3)43-39-45-47(52-41-43)48-46(40-44(42-53-48)50(4,5)6)51(45,19-31-60-35-37-62-33-29-58(25-15-21-54(7)8)26-16-22-55(9)10)20-32-61-36-38-63-34-30-59(27-17-23-56(11)12)28-18-24-57(13)14/h39-42H,15-38H2,1-14H3. The first-order valence-electron chi connectivity index (χ1n) is 24.2. The van der Waals surface area contributed by atoms with E-state index in [1.54, 1.807) is 0 Å². The molecule has 12 heteroatoms. The minimum absolute atomic E-state index is 0.0449. The lowest BCUT2D eigenvalue weighted by molar-refractivity contribution is 0.0246. The van der Waals surface area contributed by atoms with Crippen molar-refractivity contribution in [2.75, 3.05) is 175 Å². The molecule has 0 saturated heterocycles. The monoisotopic (exact) mass is 883 g/mol. The second-order valence-electron chi connectivity index (χ2n) is 21.1. The highest BCUT2D eigenvalue weighted by Gasteiger charge is 2.45. The van der Waals surface area contributed by atoms with Gasteiger partial charge in [-0.05, 0) is 180 Å². The quantitative estimate of drug-likeness (QED) is 0.0712. The fourth-order valence-corrected chi connectivity index (χ4v) is 8.30. The summed E-state index contributed by atoms with van der Waals surface area (Å²) in [6.45, 7) is 29.2. The Morgan fingerprint density at radius 1 is 0.413 bits per heavy atom. The van der Waals surface area contributed by atoms with Gasteiger partial charge < -0.3 is 48.3 Å². The Balaban J connectivity index is 1.67. The lowest BCUT2D eigenvalue weighted by Gasteiger charge is -2.33. The molecule has 3 rings (SSSR count). The van der Waals surface area contributed by atoms with Crippen molar-refractivity contribution in [2.24, 2.45) is 0 Å². The first-order chi connectivity index (χ1) is 29.8. The van der Waals surface area contributed by atoms with E-state index in [4.69, 9.17) is 28.9 Å². The van der Waals surface area contributed by atoms with Gasteiger partial charge in [0.2, 0.25) is 0 Å². The van der Waals surface area contributed by atoms with Crippen LogP contribution in [-0.4, -0.2) is 214 Å². The zero-order chi connectivity index (χ0) is 46.5. The van der Waals surface area contributed by atoms with Gasteiger partial charge in [-0.1, -0.05) is 53.7 Å². The highest BCUT2D eigenvalue weighted by atomic mass is 16.5. The maximum atomic E-state index is 6.44. The third-order valence-corrected chi connectivity index (χ3v) is 12.3. The number of rotatable bonds is 34. The van der Waals surface area contributed by atoms with Crippen LogP contribution < -0.4 is 0 Å². The van der Waals surface area contributed by atoms with E-state index in [0.717, 1.165) is 89.7 Å². The van der Waals surface area contributed by atoms with E-state index in [2.05, 4.69) is 152 Å². The molecule has 0 atom stereocenters. The Morgan fingerprint density at radius 2 is 0.714 bits per heavy atom. The summed E-state index contributed by atoms with van der Waals surface area (Å²) in [5.74, 6) is 0. The molecule has 63 heavy (non-hydrogen) atoms. The Morgan fingerprint density at radius 3 is 1.00 bits per heavy atom. The molecule has 2 aromatic heterocycles. The van der Waals surface area contributed by atoms with Crippen molar-refractivity contribution < 1.29 is 18.9 Å². The summed E-state index contributed by atoms with van der Waals surface area (Å²) in [6, 6.07) is 4.80. The zero-order valence-corrected chi connectivity index (χ0v) is 43.0. The van der Waals surface area contributed by atoms with E-state index in [0.29, 0.717) is 52.9 Å². The van der Waals surface area contributed by atoms with Gasteiger partial charge in [0.1, 0.15) is 0 Å². The normalized spacial score (nSPS) is 14.1. The second-order valence-corrected chi connectivity index (χ2v) is 21.1. The molecular formula is C51H94N8O4. The summed E-state index contributed by atoms with van der Waals surface area (Å²) < 4.78 is 25.2. The molecule has 362 valence electrons. The third kappa shape index (κ3) is 20.1. The van der Waals surface area contributed by atoms with E-state index in [1.807, 2.05) is 0 Å². The number of fused-ring (bicyclic) bond motifs is 3. The summed E-state index contributed by atoms with van der Waals surface area (Å²) in [6.07, 6.45) is 10.4. The first kappa shape index (κ1) is 55.2. The number of aromatic nitrogens is 2. The van der Waals surface area contributed by atoms with E-state index >= 15 is 0 Å². The van der Waals surface area contributed by atoms with Crippen molar-refractivity contribution in [1.82, 2.24) is 39.4 Å². The predicted molar refractivity (Wildman–Crippen MR) is 264 cm³/mol. The Kier molecular flexibility index (Phi) is 24.7. The minimum atomic E-state index is -0.353. The number of hydrogen-bond donors (Lipinski definition) is 0. The molecule has 0 saturated carbocycles. The van der Waals surface area contributed by atoms with Gasteiger partial charge in [-0.25, -0.2) is 0 Å². The molecule has 0 spiro atoms.